The summed E-state index contributed by atoms with van der Waals surface area (Å²) in [5, 5.41) is 8.54. The van der Waals surface area contributed by atoms with E-state index in [-0.39, 0.29) is 0 Å². The van der Waals surface area contributed by atoms with Crippen LogP contribution in [0.5, 0.6) is 5.75 Å². The molecule has 0 aliphatic carbocycles. The van der Waals surface area contributed by atoms with Crippen molar-refractivity contribution < 1.29 is 4.74 Å². The van der Waals surface area contributed by atoms with Crippen molar-refractivity contribution in [1.82, 2.24) is 0 Å². The molecule has 0 radical (unpaired) electrons. The van der Waals surface area contributed by atoms with E-state index in [1.807, 2.05) is 42.5 Å². The molecule has 0 heterocycles. The molecule has 0 N–H and O–H groups in total. The second-order valence-electron chi connectivity index (χ2n) is 3.46. The smallest absolute Gasteiger partial charge is 0.292 e. The van der Waals surface area contributed by atoms with Gasteiger partial charge in [0.05, 0.1) is 0 Å². The quantitative estimate of drug-likeness (QED) is 0.727. The van der Waals surface area contributed by atoms with Crippen molar-refractivity contribution >= 4 is 0 Å². The Morgan fingerprint density at radius 2 is 1.62 bits per heavy atom. The zero-order chi connectivity index (χ0) is 11.2. The monoisotopic (exact) mass is 209 g/mol. The van der Waals surface area contributed by atoms with Crippen LogP contribution in [0.25, 0.3) is 0 Å². The average molecular weight is 209 g/mol. The van der Waals surface area contributed by atoms with Gasteiger partial charge in [-0.15, -0.1) is 5.26 Å². The van der Waals surface area contributed by atoms with Gasteiger partial charge < -0.3 is 4.74 Å². The van der Waals surface area contributed by atoms with E-state index in [1.54, 1.807) is 6.26 Å². The standard InChI is InChI=1S/C14H11NO/c15-11-16-14-9-5-4-8-13(14)10-12-6-2-1-3-7-12/h1-9H,10H2. The molecule has 0 aliphatic heterocycles. The number of para-hydroxylation sites is 1. The Hall–Kier alpha value is -2.27. The lowest BCUT2D eigenvalue weighted by molar-refractivity contribution is 0.501. The predicted octanol–water partition coefficient (Wildman–Crippen LogP) is 3.14. The van der Waals surface area contributed by atoms with Gasteiger partial charge in [-0.25, -0.2) is 0 Å². The molecule has 0 bridgehead atoms. The molecular formula is C14H11NO. The molecule has 0 saturated heterocycles. The van der Waals surface area contributed by atoms with Gasteiger partial charge in [0.25, 0.3) is 6.26 Å². The minimum atomic E-state index is 0.633. The van der Waals surface area contributed by atoms with Gasteiger partial charge in [0, 0.05) is 12.0 Å². The summed E-state index contributed by atoms with van der Waals surface area (Å²) in [5.74, 6) is 0.633. The molecule has 2 nitrogen and oxygen atoms in total. The van der Waals surface area contributed by atoms with Crippen LogP contribution < -0.4 is 4.74 Å². The molecule has 2 aromatic rings. The molecule has 0 atom stereocenters. The first kappa shape index (κ1) is 10.3. The molecule has 0 aliphatic rings. The maximum absolute atomic E-state index is 8.54. The number of rotatable bonds is 3. The Morgan fingerprint density at radius 3 is 2.38 bits per heavy atom. The Labute approximate surface area is 94.7 Å². The van der Waals surface area contributed by atoms with Crippen molar-refractivity contribution in [2.45, 2.75) is 6.42 Å². The van der Waals surface area contributed by atoms with Gasteiger partial charge in [-0.1, -0.05) is 48.5 Å². The largest absolute Gasteiger partial charge is 0.388 e. The summed E-state index contributed by atoms with van der Waals surface area (Å²) < 4.78 is 4.91. The second-order valence-corrected chi connectivity index (χ2v) is 3.46. The summed E-state index contributed by atoms with van der Waals surface area (Å²) in [5.41, 5.74) is 2.23. The number of hydrogen-bond donors (Lipinski definition) is 0. The summed E-state index contributed by atoms with van der Waals surface area (Å²) in [6, 6.07) is 17.7. The predicted molar refractivity (Wildman–Crippen MR) is 61.9 cm³/mol. The van der Waals surface area contributed by atoms with Crippen molar-refractivity contribution in [3.63, 3.8) is 0 Å². The van der Waals surface area contributed by atoms with E-state index in [1.165, 1.54) is 5.56 Å². The highest BCUT2D eigenvalue weighted by molar-refractivity contribution is 5.38. The van der Waals surface area contributed by atoms with Crippen molar-refractivity contribution in [1.29, 1.82) is 5.26 Å². The van der Waals surface area contributed by atoms with Gasteiger partial charge in [0.2, 0.25) is 0 Å². The summed E-state index contributed by atoms with van der Waals surface area (Å²) in [6.45, 7) is 0. The van der Waals surface area contributed by atoms with Crippen LogP contribution in [0.1, 0.15) is 11.1 Å². The highest BCUT2D eigenvalue weighted by Crippen LogP contribution is 2.20. The Morgan fingerprint density at radius 1 is 0.938 bits per heavy atom. The van der Waals surface area contributed by atoms with Crippen LogP contribution in [-0.2, 0) is 6.42 Å². The molecule has 78 valence electrons. The fraction of sp³-hybridized carbons (Fsp3) is 0.0714. The summed E-state index contributed by atoms with van der Waals surface area (Å²) in [7, 11) is 0. The summed E-state index contributed by atoms with van der Waals surface area (Å²) >= 11 is 0. The molecule has 2 heteroatoms. The molecule has 0 unspecified atom stereocenters. The maximum Gasteiger partial charge on any atom is 0.292 e. The SMILES string of the molecule is N#COc1ccccc1Cc1ccccc1. The molecule has 0 spiro atoms. The highest BCUT2D eigenvalue weighted by Gasteiger charge is 2.03. The van der Waals surface area contributed by atoms with Gasteiger partial charge in [0.1, 0.15) is 5.75 Å². The Kier molecular flexibility index (Phi) is 3.20. The number of nitrogens with zero attached hydrogens (tertiary/aromatic N) is 1. The lowest BCUT2D eigenvalue weighted by Gasteiger charge is -2.05. The van der Waals surface area contributed by atoms with E-state index in [4.69, 9.17) is 10.00 Å². The fourth-order valence-electron chi connectivity index (χ4n) is 1.61. The molecule has 2 rings (SSSR count). The average Bonchev–Trinajstić information content (AvgIpc) is 2.33. The van der Waals surface area contributed by atoms with Crippen LogP contribution in [-0.4, -0.2) is 0 Å². The van der Waals surface area contributed by atoms with E-state index >= 15 is 0 Å². The topological polar surface area (TPSA) is 33.0 Å². The molecule has 0 aromatic heterocycles. The molecule has 16 heavy (non-hydrogen) atoms. The number of benzene rings is 2. The number of ether oxygens (including phenoxy) is 1. The van der Waals surface area contributed by atoms with Crippen molar-refractivity contribution in [2.24, 2.45) is 0 Å². The summed E-state index contributed by atoms with van der Waals surface area (Å²) in [4.78, 5) is 0. The van der Waals surface area contributed by atoms with Crippen molar-refractivity contribution in [3.05, 3.63) is 65.7 Å². The third-order valence-electron chi connectivity index (χ3n) is 2.37. The van der Waals surface area contributed by atoms with Crippen molar-refractivity contribution in [2.75, 3.05) is 0 Å². The highest BCUT2D eigenvalue weighted by atomic mass is 16.5. The van der Waals surface area contributed by atoms with Crippen LogP contribution in [0.15, 0.2) is 54.6 Å². The van der Waals surface area contributed by atoms with Crippen LogP contribution in [0.3, 0.4) is 0 Å². The maximum atomic E-state index is 8.54. The third kappa shape index (κ3) is 2.40. The lowest BCUT2D eigenvalue weighted by Crippen LogP contribution is -1.92. The van der Waals surface area contributed by atoms with Gasteiger partial charge >= 0.3 is 0 Å². The minimum absolute atomic E-state index is 0.633. The van der Waals surface area contributed by atoms with E-state index in [0.29, 0.717) is 5.75 Å². The Bertz CT molecular complexity index is 500. The molecule has 0 fully saturated rings. The van der Waals surface area contributed by atoms with Crippen LogP contribution in [0.2, 0.25) is 0 Å². The Balaban J connectivity index is 2.25. The first-order valence-corrected chi connectivity index (χ1v) is 5.08. The van der Waals surface area contributed by atoms with Crippen molar-refractivity contribution in [3.8, 4) is 12.0 Å². The normalized spacial score (nSPS) is 9.44. The third-order valence-corrected chi connectivity index (χ3v) is 2.37. The van der Waals surface area contributed by atoms with Gasteiger partial charge in [-0.2, -0.15) is 0 Å². The van der Waals surface area contributed by atoms with Crippen LogP contribution in [0.4, 0.5) is 0 Å². The fourth-order valence-corrected chi connectivity index (χ4v) is 1.61. The number of nitriles is 1. The minimum Gasteiger partial charge on any atom is -0.388 e. The molecule has 0 saturated carbocycles. The zero-order valence-electron chi connectivity index (χ0n) is 8.76. The first-order chi connectivity index (χ1) is 7.90. The second kappa shape index (κ2) is 4.99. The van der Waals surface area contributed by atoms with Crippen LogP contribution >= 0.6 is 0 Å². The molecular weight excluding hydrogens is 198 g/mol. The lowest BCUT2D eigenvalue weighted by atomic mass is 10.0. The number of hydrogen-bond acceptors (Lipinski definition) is 2. The summed E-state index contributed by atoms with van der Waals surface area (Å²) in [6.07, 6.45) is 2.49. The van der Waals surface area contributed by atoms with Gasteiger partial charge in [-0.3, -0.25) is 0 Å². The first-order valence-electron chi connectivity index (χ1n) is 5.08. The van der Waals surface area contributed by atoms with E-state index < -0.39 is 0 Å². The van der Waals surface area contributed by atoms with Gasteiger partial charge in [-0.05, 0) is 11.6 Å². The van der Waals surface area contributed by atoms with Crippen LogP contribution in [0, 0.1) is 11.5 Å². The molecule has 2 aromatic carbocycles. The van der Waals surface area contributed by atoms with E-state index in [0.717, 1.165) is 12.0 Å². The van der Waals surface area contributed by atoms with E-state index in [9.17, 15) is 0 Å². The zero-order valence-corrected chi connectivity index (χ0v) is 8.76. The van der Waals surface area contributed by atoms with E-state index in [2.05, 4.69) is 12.1 Å². The van der Waals surface area contributed by atoms with Gasteiger partial charge in [0.15, 0.2) is 0 Å². The molecule has 0 amide bonds.